The van der Waals surface area contributed by atoms with E-state index in [2.05, 4.69) is 10.5 Å². The summed E-state index contributed by atoms with van der Waals surface area (Å²) in [5.74, 6) is -0.00446. The number of aromatic nitrogens is 1. The highest BCUT2D eigenvalue weighted by Crippen LogP contribution is 2.25. The van der Waals surface area contributed by atoms with E-state index in [9.17, 15) is 9.59 Å². The van der Waals surface area contributed by atoms with Crippen LogP contribution in [0.15, 0.2) is 53.1 Å². The lowest BCUT2D eigenvalue weighted by Crippen LogP contribution is -2.42. The zero-order chi connectivity index (χ0) is 24.2. The molecule has 0 aliphatic carbocycles. The minimum Gasteiger partial charge on any atom is -0.361 e. The normalized spacial score (nSPS) is 11.3. The third kappa shape index (κ3) is 6.00. The van der Waals surface area contributed by atoms with Crippen LogP contribution in [0.25, 0.3) is 0 Å². The molecule has 2 aromatic carbocycles. The first-order valence-corrected chi connectivity index (χ1v) is 11.1. The Balaban J connectivity index is 1.91. The van der Waals surface area contributed by atoms with E-state index in [4.69, 9.17) is 21.9 Å². The van der Waals surface area contributed by atoms with Gasteiger partial charge in [-0.3, -0.25) is 9.59 Å². The first kappa shape index (κ1) is 24.5. The minimum atomic E-state index is -0.312. The average molecular weight is 469 g/mol. The van der Waals surface area contributed by atoms with Crippen molar-refractivity contribution in [2.45, 2.75) is 34.2 Å². The van der Waals surface area contributed by atoms with E-state index in [0.29, 0.717) is 46.4 Å². The number of nitrogens with one attached hydrogen (secondary N) is 1. The predicted octanol–water partition coefficient (Wildman–Crippen LogP) is 4.82. The van der Waals surface area contributed by atoms with Gasteiger partial charge in [0.2, 0.25) is 0 Å². The van der Waals surface area contributed by atoms with Crippen LogP contribution in [0, 0.1) is 19.3 Å². The number of nitrogens with two attached hydrogens (primary N) is 1. The van der Waals surface area contributed by atoms with Crippen LogP contribution in [-0.2, 0) is 6.54 Å². The van der Waals surface area contributed by atoms with Crippen molar-refractivity contribution in [3.8, 4) is 0 Å². The molecule has 1 heterocycles. The maximum Gasteiger partial charge on any atom is 0.259 e. The van der Waals surface area contributed by atoms with E-state index in [0.717, 1.165) is 5.56 Å². The van der Waals surface area contributed by atoms with Gasteiger partial charge in [-0.15, -0.1) is 0 Å². The zero-order valence-electron chi connectivity index (χ0n) is 19.3. The predicted molar refractivity (Wildman–Crippen MR) is 129 cm³/mol. The van der Waals surface area contributed by atoms with Crippen molar-refractivity contribution in [3.63, 3.8) is 0 Å². The molecule has 0 atom stereocenters. The first-order chi connectivity index (χ1) is 15.6. The number of hydrogen-bond donors (Lipinski definition) is 2. The van der Waals surface area contributed by atoms with Gasteiger partial charge in [0.25, 0.3) is 11.8 Å². The van der Waals surface area contributed by atoms with Crippen LogP contribution in [0.3, 0.4) is 0 Å². The zero-order valence-corrected chi connectivity index (χ0v) is 20.1. The summed E-state index contributed by atoms with van der Waals surface area (Å²) in [7, 11) is 0. The number of benzene rings is 2. The summed E-state index contributed by atoms with van der Waals surface area (Å²) in [6, 6.07) is 14.1. The molecule has 0 saturated carbocycles. The smallest absolute Gasteiger partial charge is 0.259 e. The Hall–Kier alpha value is -3.16. The van der Waals surface area contributed by atoms with Crippen molar-refractivity contribution in [1.29, 1.82) is 0 Å². The number of halogens is 1. The van der Waals surface area contributed by atoms with Crippen LogP contribution in [0.2, 0.25) is 5.02 Å². The number of carbonyl (C=O) groups excluding carboxylic acids is 2. The third-order valence-electron chi connectivity index (χ3n) is 5.42. The van der Waals surface area contributed by atoms with E-state index in [-0.39, 0.29) is 23.8 Å². The molecule has 0 saturated heterocycles. The quantitative estimate of drug-likeness (QED) is 0.493. The van der Waals surface area contributed by atoms with Crippen molar-refractivity contribution >= 4 is 29.1 Å². The molecule has 0 spiro atoms. The minimum absolute atomic E-state index is 0.191. The summed E-state index contributed by atoms with van der Waals surface area (Å²) in [5, 5.41) is 7.35. The van der Waals surface area contributed by atoms with E-state index >= 15 is 0 Å². The fourth-order valence-electron chi connectivity index (χ4n) is 3.54. The molecule has 33 heavy (non-hydrogen) atoms. The van der Waals surface area contributed by atoms with Gasteiger partial charge in [-0.2, -0.15) is 0 Å². The molecule has 0 fully saturated rings. The van der Waals surface area contributed by atoms with Gasteiger partial charge in [-0.05, 0) is 55.6 Å². The molecule has 2 amide bonds. The molecule has 174 valence electrons. The van der Waals surface area contributed by atoms with Crippen molar-refractivity contribution < 1.29 is 14.1 Å². The monoisotopic (exact) mass is 468 g/mol. The lowest BCUT2D eigenvalue weighted by Gasteiger charge is -2.32. The summed E-state index contributed by atoms with van der Waals surface area (Å²) >= 11 is 6.03. The molecule has 0 unspecified atom stereocenters. The fraction of sp³-hybridized carbons (Fsp3) is 0.320. The summed E-state index contributed by atoms with van der Waals surface area (Å²) in [6.45, 7) is 8.58. The molecule has 0 aliphatic heterocycles. The van der Waals surface area contributed by atoms with Gasteiger partial charge < -0.3 is 20.5 Å². The summed E-state index contributed by atoms with van der Waals surface area (Å²) in [5.41, 5.74) is 8.49. The second-order valence-corrected chi connectivity index (χ2v) is 9.29. The SMILES string of the molecule is Cc1noc(C)c1C(=O)N(Cc1ccccc1NC(=O)c1cccc(Cl)c1)CC(C)(C)CN. The van der Waals surface area contributed by atoms with Crippen LogP contribution >= 0.6 is 11.6 Å². The molecule has 7 nitrogen and oxygen atoms in total. The number of rotatable bonds is 8. The molecular weight excluding hydrogens is 440 g/mol. The summed E-state index contributed by atoms with van der Waals surface area (Å²) < 4.78 is 5.22. The van der Waals surface area contributed by atoms with Crippen LogP contribution in [-0.4, -0.2) is 35.0 Å². The van der Waals surface area contributed by atoms with Gasteiger partial charge in [0.1, 0.15) is 11.3 Å². The summed E-state index contributed by atoms with van der Waals surface area (Å²) in [4.78, 5) is 28.0. The molecule has 0 bridgehead atoms. The van der Waals surface area contributed by atoms with Crippen molar-refractivity contribution in [1.82, 2.24) is 10.1 Å². The average Bonchev–Trinajstić information content (AvgIpc) is 3.11. The maximum absolute atomic E-state index is 13.5. The molecule has 1 aromatic heterocycles. The fourth-order valence-corrected chi connectivity index (χ4v) is 3.73. The van der Waals surface area contributed by atoms with E-state index in [1.54, 1.807) is 43.0 Å². The maximum atomic E-state index is 13.5. The number of nitrogens with zero attached hydrogens (tertiary/aromatic N) is 2. The Morgan fingerprint density at radius 3 is 2.52 bits per heavy atom. The van der Waals surface area contributed by atoms with E-state index in [1.165, 1.54) is 0 Å². The summed E-state index contributed by atoms with van der Waals surface area (Å²) in [6.07, 6.45) is 0. The first-order valence-electron chi connectivity index (χ1n) is 10.7. The largest absolute Gasteiger partial charge is 0.361 e. The molecule has 3 rings (SSSR count). The molecule has 3 N–H and O–H groups in total. The highest BCUT2D eigenvalue weighted by atomic mass is 35.5. The van der Waals surface area contributed by atoms with E-state index < -0.39 is 0 Å². The second-order valence-electron chi connectivity index (χ2n) is 8.85. The topological polar surface area (TPSA) is 101 Å². The van der Waals surface area contributed by atoms with Crippen LogP contribution in [0.4, 0.5) is 5.69 Å². The molecule has 0 radical (unpaired) electrons. The lowest BCUT2D eigenvalue weighted by molar-refractivity contribution is 0.0671. The van der Waals surface area contributed by atoms with Crippen LogP contribution in [0.1, 0.15) is 51.6 Å². The standard InChI is InChI=1S/C25H29ClN4O3/c1-16-22(17(2)33-29-16)24(32)30(15-25(3,4)14-27)13-19-8-5-6-11-21(19)28-23(31)18-9-7-10-20(26)12-18/h5-12H,13-15,27H2,1-4H3,(H,28,31). The number of amides is 2. The number of hydrogen-bond acceptors (Lipinski definition) is 5. The molecule has 8 heteroatoms. The van der Waals surface area contributed by atoms with E-state index in [1.807, 2.05) is 38.1 Å². The van der Waals surface area contributed by atoms with Crippen molar-refractivity contribution in [2.75, 3.05) is 18.4 Å². The van der Waals surface area contributed by atoms with Gasteiger partial charge in [-0.1, -0.05) is 54.9 Å². The number of anilines is 1. The van der Waals surface area contributed by atoms with Crippen LogP contribution < -0.4 is 11.1 Å². The highest BCUT2D eigenvalue weighted by Gasteiger charge is 2.29. The van der Waals surface area contributed by atoms with Crippen LogP contribution in [0.5, 0.6) is 0 Å². The Morgan fingerprint density at radius 2 is 1.88 bits per heavy atom. The number of carbonyl (C=O) groups is 2. The Morgan fingerprint density at radius 1 is 1.15 bits per heavy atom. The lowest BCUT2D eigenvalue weighted by atomic mass is 9.92. The Kier molecular flexibility index (Phi) is 7.56. The van der Waals surface area contributed by atoms with Gasteiger partial charge >= 0.3 is 0 Å². The van der Waals surface area contributed by atoms with Crippen molar-refractivity contribution in [2.24, 2.45) is 11.1 Å². The van der Waals surface area contributed by atoms with Gasteiger partial charge in [-0.25, -0.2) is 0 Å². The Bertz CT molecular complexity index is 1140. The van der Waals surface area contributed by atoms with Gasteiger partial charge in [0, 0.05) is 29.4 Å². The third-order valence-corrected chi connectivity index (χ3v) is 5.65. The highest BCUT2D eigenvalue weighted by molar-refractivity contribution is 6.31. The van der Waals surface area contributed by atoms with Crippen molar-refractivity contribution in [3.05, 3.63) is 81.7 Å². The second kappa shape index (κ2) is 10.2. The number of para-hydroxylation sites is 1. The van der Waals surface area contributed by atoms with Gasteiger partial charge in [0.05, 0.1) is 5.69 Å². The number of aryl methyl sites for hydroxylation is 2. The van der Waals surface area contributed by atoms with Gasteiger partial charge in [0.15, 0.2) is 0 Å². The molecule has 3 aromatic rings. The Labute approximate surface area is 198 Å². The molecular formula is C25H29ClN4O3. The molecule has 0 aliphatic rings.